The third kappa shape index (κ3) is 4.08. The zero-order chi connectivity index (χ0) is 13.8. The highest BCUT2D eigenvalue weighted by Gasteiger charge is 2.20. The van der Waals surface area contributed by atoms with Crippen LogP contribution in [0.1, 0.15) is 30.1 Å². The van der Waals surface area contributed by atoms with Crippen LogP contribution in [0.4, 0.5) is 0 Å². The van der Waals surface area contributed by atoms with Gasteiger partial charge in [0.1, 0.15) is 0 Å². The van der Waals surface area contributed by atoms with Crippen molar-refractivity contribution in [3.05, 3.63) is 41.5 Å². The Kier molecular flexibility index (Phi) is 4.38. The highest BCUT2D eigenvalue weighted by atomic mass is 32.2. The van der Waals surface area contributed by atoms with Crippen LogP contribution >= 0.6 is 11.8 Å². The summed E-state index contributed by atoms with van der Waals surface area (Å²) in [4.78, 5) is 5.66. The molecule has 1 aromatic heterocycles. The first kappa shape index (κ1) is 13.6. The Hall–Kier alpha value is -1.33. The Morgan fingerprint density at radius 3 is 2.85 bits per heavy atom. The van der Waals surface area contributed by atoms with Gasteiger partial charge in [-0.15, -0.1) is 11.8 Å². The molecule has 0 atom stereocenters. The van der Waals surface area contributed by atoms with E-state index in [0.29, 0.717) is 0 Å². The summed E-state index contributed by atoms with van der Waals surface area (Å²) in [5.41, 5.74) is 1.28. The Balaban J connectivity index is 1.45. The maximum Gasteiger partial charge on any atom is 0.227 e. The molecule has 3 rings (SSSR count). The molecule has 0 radical (unpaired) electrons. The predicted octanol–water partition coefficient (Wildman–Crippen LogP) is 2.96. The van der Waals surface area contributed by atoms with Gasteiger partial charge in [-0.1, -0.05) is 22.9 Å². The molecule has 5 heteroatoms. The van der Waals surface area contributed by atoms with E-state index in [1.54, 1.807) is 11.8 Å². The molecule has 1 aliphatic carbocycles. The van der Waals surface area contributed by atoms with Gasteiger partial charge in [0.25, 0.3) is 0 Å². The van der Waals surface area contributed by atoms with Gasteiger partial charge in [-0.2, -0.15) is 4.98 Å². The van der Waals surface area contributed by atoms with Crippen molar-refractivity contribution in [2.24, 2.45) is 0 Å². The van der Waals surface area contributed by atoms with Gasteiger partial charge in [0, 0.05) is 23.9 Å². The van der Waals surface area contributed by atoms with Crippen LogP contribution in [0.5, 0.6) is 0 Å². The minimum absolute atomic E-state index is 0.731. The lowest BCUT2D eigenvalue weighted by atomic mass is 10.2. The molecule has 0 spiro atoms. The van der Waals surface area contributed by atoms with Gasteiger partial charge in [-0.05, 0) is 31.9 Å². The Morgan fingerprint density at radius 2 is 2.10 bits per heavy atom. The SMILES string of the molecule is Cc1ccc(SCc2noc(CCNC3CC3)n2)cc1. The summed E-state index contributed by atoms with van der Waals surface area (Å²) in [7, 11) is 0. The van der Waals surface area contributed by atoms with Gasteiger partial charge >= 0.3 is 0 Å². The van der Waals surface area contributed by atoms with Crippen molar-refractivity contribution >= 4 is 11.8 Å². The van der Waals surface area contributed by atoms with E-state index < -0.39 is 0 Å². The standard InChI is InChI=1S/C15H19N3OS/c1-11-2-6-13(7-3-11)20-10-14-17-15(19-18-14)8-9-16-12-4-5-12/h2-3,6-7,12,16H,4-5,8-10H2,1H3. The van der Waals surface area contributed by atoms with Crippen LogP contribution in [-0.2, 0) is 12.2 Å². The fraction of sp³-hybridized carbons (Fsp3) is 0.467. The van der Waals surface area contributed by atoms with Gasteiger partial charge in [0.15, 0.2) is 5.82 Å². The highest BCUT2D eigenvalue weighted by molar-refractivity contribution is 7.98. The summed E-state index contributed by atoms with van der Waals surface area (Å²) in [5, 5.41) is 7.47. The van der Waals surface area contributed by atoms with E-state index in [1.807, 2.05) is 0 Å². The Morgan fingerprint density at radius 1 is 1.30 bits per heavy atom. The number of thioether (sulfide) groups is 1. The fourth-order valence-corrected chi connectivity index (χ4v) is 2.64. The first-order valence-corrected chi connectivity index (χ1v) is 8.02. The zero-order valence-electron chi connectivity index (χ0n) is 11.6. The molecule has 1 aromatic carbocycles. The summed E-state index contributed by atoms with van der Waals surface area (Å²) in [6, 6.07) is 9.22. The van der Waals surface area contributed by atoms with E-state index in [1.165, 1.54) is 23.3 Å². The van der Waals surface area contributed by atoms with E-state index in [9.17, 15) is 0 Å². The quantitative estimate of drug-likeness (QED) is 0.794. The maximum absolute atomic E-state index is 5.26. The largest absolute Gasteiger partial charge is 0.339 e. The van der Waals surface area contributed by atoms with E-state index in [-0.39, 0.29) is 0 Å². The molecule has 106 valence electrons. The molecule has 1 N–H and O–H groups in total. The third-order valence-electron chi connectivity index (χ3n) is 3.25. The second kappa shape index (κ2) is 6.41. The van der Waals surface area contributed by atoms with Crippen molar-refractivity contribution in [2.45, 2.75) is 42.9 Å². The van der Waals surface area contributed by atoms with E-state index in [0.717, 1.165) is 36.5 Å². The second-order valence-corrected chi connectivity index (χ2v) is 6.23. The van der Waals surface area contributed by atoms with Gasteiger partial charge < -0.3 is 9.84 Å². The summed E-state index contributed by atoms with van der Waals surface area (Å²) in [6.45, 7) is 3.02. The van der Waals surface area contributed by atoms with Crippen molar-refractivity contribution < 1.29 is 4.52 Å². The molecule has 20 heavy (non-hydrogen) atoms. The summed E-state index contributed by atoms with van der Waals surface area (Å²) in [6.07, 6.45) is 3.43. The van der Waals surface area contributed by atoms with Gasteiger partial charge in [-0.25, -0.2) is 0 Å². The van der Waals surface area contributed by atoms with Gasteiger partial charge in [-0.3, -0.25) is 0 Å². The Labute approximate surface area is 123 Å². The number of nitrogens with one attached hydrogen (secondary N) is 1. The molecule has 1 heterocycles. The van der Waals surface area contributed by atoms with Crippen molar-refractivity contribution in [1.82, 2.24) is 15.5 Å². The molecular weight excluding hydrogens is 270 g/mol. The van der Waals surface area contributed by atoms with Crippen LogP contribution in [0, 0.1) is 6.92 Å². The minimum Gasteiger partial charge on any atom is -0.339 e. The van der Waals surface area contributed by atoms with Crippen LogP contribution in [0.15, 0.2) is 33.7 Å². The van der Waals surface area contributed by atoms with Crippen LogP contribution in [0.25, 0.3) is 0 Å². The minimum atomic E-state index is 0.731. The first-order chi connectivity index (χ1) is 9.79. The number of hydrogen-bond acceptors (Lipinski definition) is 5. The summed E-state index contributed by atoms with van der Waals surface area (Å²) >= 11 is 1.73. The van der Waals surface area contributed by atoms with Crippen LogP contribution in [-0.4, -0.2) is 22.7 Å². The highest BCUT2D eigenvalue weighted by Crippen LogP contribution is 2.22. The number of hydrogen-bond donors (Lipinski definition) is 1. The summed E-state index contributed by atoms with van der Waals surface area (Å²) in [5.74, 6) is 2.26. The van der Waals surface area contributed by atoms with E-state index in [4.69, 9.17) is 4.52 Å². The molecule has 0 aliphatic heterocycles. The van der Waals surface area contributed by atoms with E-state index >= 15 is 0 Å². The molecule has 2 aromatic rings. The van der Waals surface area contributed by atoms with Crippen molar-refractivity contribution in [1.29, 1.82) is 0 Å². The van der Waals surface area contributed by atoms with Crippen molar-refractivity contribution in [3.63, 3.8) is 0 Å². The van der Waals surface area contributed by atoms with Crippen molar-refractivity contribution in [3.8, 4) is 0 Å². The topological polar surface area (TPSA) is 51.0 Å². The summed E-state index contributed by atoms with van der Waals surface area (Å²) < 4.78 is 5.26. The zero-order valence-corrected chi connectivity index (χ0v) is 12.4. The first-order valence-electron chi connectivity index (χ1n) is 7.04. The van der Waals surface area contributed by atoms with Gasteiger partial charge in [0.05, 0.1) is 5.75 Å². The average Bonchev–Trinajstić information content (AvgIpc) is 3.16. The van der Waals surface area contributed by atoms with E-state index in [2.05, 4.69) is 46.6 Å². The molecule has 1 saturated carbocycles. The van der Waals surface area contributed by atoms with Crippen LogP contribution in [0.3, 0.4) is 0 Å². The number of aryl methyl sites for hydroxylation is 1. The molecule has 0 amide bonds. The number of benzene rings is 1. The maximum atomic E-state index is 5.26. The molecule has 1 fully saturated rings. The molecular formula is C15H19N3OS. The van der Waals surface area contributed by atoms with Crippen LogP contribution in [0.2, 0.25) is 0 Å². The lowest BCUT2D eigenvalue weighted by molar-refractivity contribution is 0.372. The van der Waals surface area contributed by atoms with Gasteiger partial charge in [0.2, 0.25) is 5.89 Å². The lowest BCUT2D eigenvalue weighted by Gasteiger charge is -1.98. The smallest absolute Gasteiger partial charge is 0.227 e. The normalized spacial score (nSPS) is 14.7. The Bertz CT molecular complexity index is 549. The molecule has 1 aliphatic rings. The second-order valence-electron chi connectivity index (χ2n) is 5.18. The monoisotopic (exact) mass is 289 g/mol. The molecule has 0 unspecified atom stereocenters. The molecule has 0 saturated heterocycles. The third-order valence-corrected chi connectivity index (χ3v) is 4.26. The van der Waals surface area contributed by atoms with Crippen LogP contribution < -0.4 is 5.32 Å². The number of aromatic nitrogens is 2. The fourth-order valence-electron chi connectivity index (χ4n) is 1.90. The van der Waals surface area contributed by atoms with Crippen molar-refractivity contribution in [2.75, 3.05) is 6.54 Å². The number of rotatable bonds is 7. The predicted molar refractivity (Wildman–Crippen MR) is 79.8 cm³/mol. The average molecular weight is 289 g/mol. The number of nitrogens with zero attached hydrogens (tertiary/aromatic N) is 2. The lowest BCUT2D eigenvalue weighted by Crippen LogP contribution is -2.19. The molecule has 0 bridgehead atoms. The molecule has 4 nitrogen and oxygen atoms in total.